The lowest BCUT2D eigenvalue weighted by atomic mass is 10.1. The number of sulfonamides is 1. The Morgan fingerprint density at radius 2 is 1.73 bits per heavy atom. The fourth-order valence-electron chi connectivity index (χ4n) is 3.01. The second-order valence-electron chi connectivity index (χ2n) is 7.82. The fraction of sp³-hybridized carbons (Fsp3) is 0.450. The van der Waals surface area contributed by atoms with Crippen LogP contribution in [-0.2, 0) is 14.8 Å². The SMILES string of the molecule is CCN(CC)S(=O)(=O)c1ccc2[nH]c(=O)cc(C(=O)NCC(=O)NC(C)(C)C)c2c1. The molecule has 9 nitrogen and oxygen atoms in total. The summed E-state index contributed by atoms with van der Waals surface area (Å²) in [7, 11) is -3.75. The van der Waals surface area contributed by atoms with E-state index in [9.17, 15) is 22.8 Å². The van der Waals surface area contributed by atoms with Crippen LogP contribution in [0.2, 0.25) is 0 Å². The summed E-state index contributed by atoms with van der Waals surface area (Å²) < 4.78 is 27.0. The number of hydrogen-bond donors (Lipinski definition) is 3. The third kappa shape index (κ3) is 5.45. The number of amides is 2. The van der Waals surface area contributed by atoms with Crippen LogP contribution in [0.3, 0.4) is 0 Å². The van der Waals surface area contributed by atoms with Crippen molar-refractivity contribution in [1.29, 1.82) is 0 Å². The van der Waals surface area contributed by atoms with E-state index in [4.69, 9.17) is 0 Å². The first-order valence-corrected chi connectivity index (χ1v) is 11.1. The quantitative estimate of drug-likeness (QED) is 0.601. The Kier molecular flexibility index (Phi) is 7.04. The monoisotopic (exact) mass is 436 g/mol. The fourth-order valence-corrected chi connectivity index (χ4v) is 4.50. The Morgan fingerprint density at radius 1 is 1.10 bits per heavy atom. The first-order valence-electron chi connectivity index (χ1n) is 9.65. The van der Waals surface area contributed by atoms with Crippen LogP contribution in [0.1, 0.15) is 45.0 Å². The van der Waals surface area contributed by atoms with Crippen LogP contribution in [0.25, 0.3) is 10.9 Å². The van der Waals surface area contributed by atoms with E-state index in [-0.39, 0.29) is 28.3 Å². The maximum atomic E-state index is 12.8. The van der Waals surface area contributed by atoms with E-state index in [2.05, 4.69) is 15.6 Å². The smallest absolute Gasteiger partial charge is 0.252 e. The molecule has 0 bridgehead atoms. The van der Waals surface area contributed by atoms with Crippen molar-refractivity contribution < 1.29 is 18.0 Å². The molecule has 2 amide bonds. The first kappa shape index (κ1) is 23.6. The minimum atomic E-state index is -3.75. The van der Waals surface area contributed by atoms with Crippen molar-refractivity contribution in [3.8, 4) is 0 Å². The van der Waals surface area contributed by atoms with Gasteiger partial charge in [0.25, 0.3) is 5.91 Å². The molecule has 10 heteroatoms. The summed E-state index contributed by atoms with van der Waals surface area (Å²) in [6.45, 7) is 9.25. The zero-order valence-corrected chi connectivity index (χ0v) is 18.6. The van der Waals surface area contributed by atoms with Crippen LogP contribution < -0.4 is 16.2 Å². The van der Waals surface area contributed by atoms with Gasteiger partial charge in [-0.05, 0) is 39.0 Å². The topological polar surface area (TPSA) is 128 Å². The van der Waals surface area contributed by atoms with Crippen LogP contribution >= 0.6 is 0 Å². The number of carbonyl (C=O) groups is 2. The van der Waals surface area contributed by atoms with E-state index in [0.717, 1.165) is 6.07 Å². The molecule has 1 heterocycles. The molecule has 1 aromatic heterocycles. The highest BCUT2D eigenvalue weighted by Gasteiger charge is 2.23. The molecule has 1 aromatic carbocycles. The zero-order chi connectivity index (χ0) is 22.7. The summed E-state index contributed by atoms with van der Waals surface area (Å²) in [6.07, 6.45) is 0. The van der Waals surface area contributed by atoms with Crippen molar-refractivity contribution in [3.05, 3.63) is 40.2 Å². The Labute approximate surface area is 175 Å². The second-order valence-corrected chi connectivity index (χ2v) is 9.76. The summed E-state index contributed by atoms with van der Waals surface area (Å²) in [5.41, 5.74) is -0.642. The largest absolute Gasteiger partial charge is 0.350 e. The predicted molar refractivity (Wildman–Crippen MR) is 115 cm³/mol. The molecular weight excluding hydrogens is 408 g/mol. The van der Waals surface area contributed by atoms with Gasteiger partial charge < -0.3 is 15.6 Å². The van der Waals surface area contributed by atoms with Gasteiger partial charge in [-0.3, -0.25) is 14.4 Å². The molecule has 0 spiro atoms. The van der Waals surface area contributed by atoms with Crippen molar-refractivity contribution in [2.75, 3.05) is 19.6 Å². The lowest BCUT2D eigenvalue weighted by molar-refractivity contribution is -0.121. The number of hydrogen-bond acceptors (Lipinski definition) is 5. The standard InChI is InChI=1S/C20H28N4O5S/c1-6-24(7-2)30(28,29)13-8-9-16-14(10-13)15(11-17(25)22-16)19(27)21-12-18(26)23-20(3,4)5/h8-11H,6-7,12H2,1-5H3,(H,21,27)(H,22,25)(H,23,26). The number of pyridine rings is 1. The summed E-state index contributed by atoms with van der Waals surface area (Å²) in [4.78, 5) is 39.2. The van der Waals surface area contributed by atoms with Gasteiger partial charge in [0.2, 0.25) is 21.5 Å². The van der Waals surface area contributed by atoms with Crippen molar-refractivity contribution in [1.82, 2.24) is 19.9 Å². The van der Waals surface area contributed by atoms with Gasteiger partial charge in [-0.2, -0.15) is 4.31 Å². The number of aromatic nitrogens is 1. The highest BCUT2D eigenvalue weighted by molar-refractivity contribution is 7.89. The molecule has 0 atom stereocenters. The molecule has 0 aliphatic carbocycles. The molecule has 3 N–H and O–H groups in total. The molecule has 0 saturated heterocycles. The van der Waals surface area contributed by atoms with Gasteiger partial charge in [0, 0.05) is 35.6 Å². The van der Waals surface area contributed by atoms with E-state index in [0.29, 0.717) is 18.6 Å². The highest BCUT2D eigenvalue weighted by Crippen LogP contribution is 2.22. The van der Waals surface area contributed by atoms with Crippen molar-refractivity contribution >= 4 is 32.7 Å². The molecule has 0 radical (unpaired) electrons. The van der Waals surface area contributed by atoms with E-state index in [1.807, 2.05) is 20.8 Å². The van der Waals surface area contributed by atoms with Crippen LogP contribution in [0.5, 0.6) is 0 Å². The van der Waals surface area contributed by atoms with Crippen molar-refractivity contribution in [2.45, 2.75) is 45.1 Å². The third-order valence-electron chi connectivity index (χ3n) is 4.33. The minimum absolute atomic E-state index is 0.00564. The van der Waals surface area contributed by atoms with Crippen LogP contribution in [0.4, 0.5) is 0 Å². The molecule has 0 aliphatic heterocycles. The number of aromatic amines is 1. The lowest BCUT2D eigenvalue weighted by Gasteiger charge is -2.20. The Morgan fingerprint density at radius 3 is 2.30 bits per heavy atom. The number of carbonyl (C=O) groups excluding carboxylic acids is 2. The molecule has 2 rings (SSSR count). The highest BCUT2D eigenvalue weighted by atomic mass is 32.2. The summed E-state index contributed by atoms with van der Waals surface area (Å²) in [5.74, 6) is -1.03. The second kappa shape index (κ2) is 8.97. The van der Waals surface area contributed by atoms with Gasteiger partial charge in [0.15, 0.2) is 0 Å². The van der Waals surface area contributed by atoms with E-state index in [1.165, 1.54) is 22.5 Å². The van der Waals surface area contributed by atoms with Crippen LogP contribution in [0, 0.1) is 0 Å². The number of H-pyrrole nitrogens is 1. The number of fused-ring (bicyclic) bond motifs is 1. The normalized spacial score (nSPS) is 12.2. The predicted octanol–water partition coefficient (Wildman–Crippen LogP) is 1.20. The average molecular weight is 437 g/mol. The number of nitrogens with zero attached hydrogens (tertiary/aromatic N) is 1. The molecule has 0 unspecified atom stereocenters. The summed E-state index contributed by atoms with van der Waals surface area (Å²) in [6, 6.07) is 5.30. The van der Waals surface area contributed by atoms with Gasteiger partial charge in [-0.15, -0.1) is 0 Å². The molecule has 0 fully saturated rings. The number of nitrogens with one attached hydrogen (secondary N) is 3. The Bertz CT molecular complexity index is 1110. The number of rotatable bonds is 7. The van der Waals surface area contributed by atoms with E-state index in [1.54, 1.807) is 13.8 Å². The molecule has 0 saturated carbocycles. The Balaban J connectivity index is 2.43. The summed E-state index contributed by atoms with van der Waals surface area (Å²) >= 11 is 0. The van der Waals surface area contributed by atoms with Crippen molar-refractivity contribution in [2.24, 2.45) is 0 Å². The average Bonchev–Trinajstić information content (AvgIpc) is 2.64. The van der Waals surface area contributed by atoms with Gasteiger partial charge in [0.05, 0.1) is 17.0 Å². The van der Waals surface area contributed by atoms with Gasteiger partial charge in [-0.1, -0.05) is 13.8 Å². The molecular formula is C20H28N4O5S. The first-order chi connectivity index (χ1) is 13.9. The lowest BCUT2D eigenvalue weighted by Crippen LogP contribution is -2.45. The van der Waals surface area contributed by atoms with E-state index < -0.39 is 27.0 Å². The molecule has 30 heavy (non-hydrogen) atoms. The Hall–Kier alpha value is -2.72. The van der Waals surface area contributed by atoms with Gasteiger partial charge in [-0.25, -0.2) is 8.42 Å². The van der Waals surface area contributed by atoms with Gasteiger partial charge in [0.1, 0.15) is 0 Å². The van der Waals surface area contributed by atoms with E-state index >= 15 is 0 Å². The molecule has 164 valence electrons. The molecule has 2 aromatic rings. The minimum Gasteiger partial charge on any atom is -0.350 e. The van der Waals surface area contributed by atoms with Crippen LogP contribution in [0.15, 0.2) is 34.0 Å². The maximum Gasteiger partial charge on any atom is 0.252 e. The van der Waals surface area contributed by atoms with Crippen molar-refractivity contribution in [3.63, 3.8) is 0 Å². The van der Waals surface area contributed by atoms with Gasteiger partial charge >= 0.3 is 0 Å². The maximum absolute atomic E-state index is 12.8. The van der Waals surface area contributed by atoms with Crippen LogP contribution in [-0.4, -0.2) is 54.7 Å². The summed E-state index contributed by atoms with van der Waals surface area (Å²) in [5, 5.41) is 5.48. The molecule has 0 aliphatic rings. The number of benzene rings is 1. The zero-order valence-electron chi connectivity index (χ0n) is 17.8. The third-order valence-corrected chi connectivity index (χ3v) is 6.37.